The molecule has 0 saturated carbocycles. The van der Waals surface area contributed by atoms with Gasteiger partial charge in [0.15, 0.2) is 0 Å². The van der Waals surface area contributed by atoms with Gasteiger partial charge in [-0.25, -0.2) is 8.78 Å². The Morgan fingerprint density at radius 2 is 2.27 bits per heavy atom. The van der Waals surface area contributed by atoms with Gasteiger partial charge >= 0.3 is 0 Å². The van der Waals surface area contributed by atoms with Gasteiger partial charge < -0.3 is 10.1 Å². The van der Waals surface area contributed by atoms with Crippen LogP contribution in [0, 0.1) is 6.92 Å². The summed E-state index contributed by atoms with van der Waals surface area (Å²) in [5.74, 6) is -2.48. The molecule has 0 aliphatic carbocycles. The molecule has 4 nitrogen and oxygen atoms in total. The molecule has 6 heteroatoms. The first kappa shape index (κ1) is 16.7. The number of carbonyl (C=O) groups excluding carboxylic acids is 1. The van der Waals surface area contributed by atoms with Crippen LogP contribution in [0.25, 0.3) is 0 Å². The van der Waals surface area contributed by atoms with Crippen LogP contribution in [-0.4, -0.2) is 31.0 Å². The highest BCUT2D eigenvalue weighted by molar-refractivity contribution is 5.82. The summed E-state index contributed by atoms with van der Waals surface area (Å²) in [6.45, 7) is 4.40. The number of nitrogens with one attached hydrogen (secondary N) is 2. The predicted molar refractivity (Wildman–Crippen MR) is 80.2 cm³/mol. The molecule has 1 saturated heterocycles. The van der Waals surface area contributed by atoms with E-state index in [1.54, 1.807) is 0 Å². The van der Waals surface area contributed by atoms with Crippen molar-refractivity contribution in [2.45, 2.75) is 45.2 Å². The summed E-state index contributed by atoms with van der Waals surface area (Å²) in [5, 5.41) is 5.25. The first-order valence-electron chi connectivity index (χ1n) is 7.52. The van der Waals surface area contributed by atoms with E-state index >= 15 is 0 Å². The molecule has 1 atom stereocenters. The zero-order valence-electron chi connectivity index (χ0n) is 12.9. The van der Waals surface area contributed by atoms with Crippen LogP contribution in [0.2, 0.25) is 0 Å². The van der Waals surface area contributed by atoms with Gasteiger partial charge in [-0.1, -0.05) is 19.1 Å². The number of amides is 1. The van der Waals surface area contributed by atoms with Crippen LogP contribution in [-0.2, 0) is 11.3 Å². The Morgan fingerprint density at radius 3 is 2.91 bits per heavy atom. The topological polar surface area (TPSA) is 50.4 Å². The van der Waals surface area contributed by atoms with E-state index in [1.807, 2.05) is 32.0 Å². The molecule has 22 heavy (non-hydrogen) atoms. The third-order valence-corrected chi connectivity index (χ3v) is 3.56. The zero-order chi connectivity index (χ0) is 16.2. The average molecular weight is 312 g/mol. The molecule has 2 N–H and O–H groups in total. The Labute approximate surface area is 129 Å². The molecule has 1 unspecified atom stereocenters. The number of ether oxygens (including phenoxy) is 1. The van der Waals surface area contributed by atoms with Gasteiger partial charge in [0.2, 0.25) is 5.91 Å². The smallest absolute Gasteiger partial charge is 0.262 e. The molecule has 0 bridgehead atoms. The number of hydrogen-bond donors (Lipinski definition) is 2. The van der Waals surface area contributed by atoms with Crippen molar-refractivity contribution in [3.05, 3.63) is 29.3 Å². The summed E-state index contributed by atoms with van der Waals surface area (Å²) >= 11 is 0. The molecule has 1 heterocycles. The molecule has 1 aliphatic heterocycles. The molecule has 122 valence electrons. The lowest BCUT2D eigenvalue weighted by molar-refractivity contribution is -0.123. The fourth-order valence-electron chi connectivity index (χ4n) is 2.36. The lowest BCUT2D eigenvalue weighted by atomic mass is 10.1. The van der Waals surface area contributed by atoms with Gasteiger partial charge in [0.05, 0.1) is 19.2 Å². The van der Waals surface area contributed by atoms with Gasteiger partial charge in [0.25, 0.3) is 5.92 Å². The summed E-state index contributed by atoms with van der Waals surface area (Å²) < 4.78 is 31.9. The molecule has 0 spiro atoms. The van der Waals surface area contributed by atoms with Crippen molar-refractivity contribution >= 4 is 5.91 Å². The number of hydrogen-bond acceptors (Lipinski definition) is 3. The van der Waals surface area contributed by atoms with Crippen LogP contribution in [0.3, 0.4) is 0 Å². The monoisotopic (exact) mass is 312 g/mol. The van der Waals surface area contributed by atoms with E-state index in [-0.39, 0.29) is 6.54 Å². The molecule has 0 aromatic heterocycles. The van der Waals surface area contributed by atoms with Crippen LogP contribution in [0.4, 0.5) is 8.78 Å². The minimum Gasteiger partial charge on any atom is -0.493 e. The minimum atomic E-state index is -2.80. The summed E-state index contributed by atoms with van der Waals surface area (Å²) in [6, 6.07) is 4.90. The summed E-state index contributed by atoms with van der Waals surface area (Å²) in [4.78, 5) is 12.0. The maximum absolute atomic E-state index is 13.1. The fourth-order valence-corrected chi connectivity index (χ4v) is 2.36. The highest BCUT2D eigenvalue weighted by atomic mass is 19.3. The van der Waals surface area contributed by atoms with E-state index in [4.69, 9.17) is 4.74 Å². The van der Waals surface area contributed by atoms with Crippen molar-refractivity contribution in [3.63, 3.8) is 0 Å². The molecule has 1 amide bonds. The third-order valence-electron chi connectivity index (χ3n) is 3.56. The molecule has 1 fully saturated rings. The lowest BCUT2D eigenvalue weighted by Gasteiger charge is -2.15. The Bertz CT molecular complexity index is 535. The second kappa shape index (κ2) is 7.05. The van der Waals surface area contributed by atoms with Crippen molar-refractivity contribution in [3.8, 4) is 5.75 Å². The summed E-state index contributed by atoms with van der Waals surface area (Å²) in [5.41, 5.74) is 1.91. The largest absolute Gasteiger partial charge is 0.493 e. The van der Waals surface area contributed by atoms with Gasteiger partial charge in [-0.2, -0.15) is 0 Å². The second-order valence-electron chi connectivity index (χ2n) is 5.67. The number of aryl methyl sites for hydroxylation is 1. The number of rotatable bonds is 6. The average Bonchev–Trinajstić information content (AvgIpc) is 2.84. The van der Waals surface area contributed by atoms with Crippen molar-refractivity contribution in [1.82, 2.24) is 10.6 Å². The normalized spacial score (nSPS) is 19.9. The first-order valence-corrected chi connectivity index (χ1v) is 7.52. The van der Waals surface area contributed by atoms with Gasteiger partial charge in [0.1, 0.15) is 5.75 Å². The van der Waals surface area contributed by atoms with Gasteiger partial charge in [0, 0.05) is 18.5 Å². The Hall–Kier alpha value is -1.69. The number of carbonyl (C=O) groups is 1. The Morgan fingerprint density at radius 1 is 1.50 bits per heavy atom. The predicted octanol–water partition coefficient (Wildman–Crippen LogP) is 2.40. The molecular formula is C16H22F2N2O2. The molecule has 1 aromatic carbocycles. The third kappa shape index (κ3) is 4.40. The highest BCUT2D eigenvalue weighted by Crippen LogP contribution is 2.25. The van der Waals surface area contributed by atoms with E-state index in [0.717, 1.165) is 23.3 Å². The van der Waals surface area contributed by atoms with Crippen molar-refractivity contribution in [1.29, 1.82) is 0 Å². The van der Waals surface area contributed by atoms with E-state index < -0.39 is 30.8 Å². The van der Waals surface area contributed by atoms with Crippen LogP contribution in [0.1, 0.15) is 30.9 Å². The van der Waals surface area contributed by atoms with Crippen LogP contribution in [0.15, 0.2) is 18.2 Å². The standard InChI is InChI=1S/C16H22F2N2O2/c1-3-6-22-14-7-11(2)4-5-12(14)9-19-15(21)13-8-16(17,18)10-20-13/h4-5,7,13,20H,3,6,8-10H2,1-2H3,(H,19,21). The molecular weight excluding hydrogens is 290 g/mol. The van der Waals surface area contributed by atoms with Crippen molar-refractivity contribution in [2.24, 2.45) is 0 Å². The van der Waals surface area contributed by atoms with E-state index in [1.165, 1.54) is 0 Å². The molecule has 1 aromatic rings. The number of halogens is 2. The second-order valence-corrected chi connectivity index (χ2v) is 5.67. The van der Waals surface area contributed by atoms with Crippen molar-refractivity contribution in [2.75, 3.05) is 13.2 Å². The Balaban J connectivity index is 1.95. The van der Waals surface area contributed by atoms with Crippen LogP contribution < -0.4 is 15.4 Å². The zero-order valence-corrected chi connectivity index (χ0v) is 12.9. The van der Waals surface area contributed by atoms with Gasteiger partial charge in [-0.05, 0) is 25.0 Å². The highest BCUT2D eigenvalue weighted by Gasteiger charge is 2.42. The quantitative estimate of drug-likeness (QED) is 0.848. The maximum atomic E-state index is 13.1. The fraction of sp³-hybridized carbons (Fsp3) is 0.562. The van der Waals surface area contributed by atoms with Crippen molar-refractivity contribution < 1.29 is 18.3 Å². The first-order chi connectivity index (χ1) is 10.4. The van der Waals surface area contributed by atoms with E-state index in [9.17, 15) is 13.6 Å². The Kier molecular flexibility index (Phi) is 5.34. The van der Waals surface area contributed by atoms with E-state index in [0.29, 0.717) is 6.61 Å². The lowest BCUT2D eigenvalue weighted by Crippen LogP contribution is -2.40. The van der Waals surface area contributed by atoms with E-state index in [2.05, 4.69) is 10.6 Å². The number of benzene rings is 1. The van der Waals surface area contributed by atoms with Gasteiger partial charge in [-0.3, -0.25) is 10.1 Å². The molecule has 0 radical (unpaired) electrons. The summed E-state index contributed by atoms with van der Waals surface area (Å²) in [6.07, 6.45) is 0.437. The van der Waals surface area contributed by atoms with Crippen LogP contribution in [0.5, 0.6) is 5.75 Å². The SMILES string of the molecule is CCCOc1cc(C)ccc1CNC(=O)C1CC(F)(F)CN1. The molecule has 2 rings (SSSR count). The molecule has 1 aliphatic rings. The number of alkyl halides is 2. The maximum Gasteiger partial charge on any atom is 0.262 e. The van der Waals surface area contributed by atoms with Crippen LogP contribution >= 0.6 is 0 Å². The minimum absolute atomic E-state index is 0.266. The van der Waals surface area contributed by atoms with Gasteiger partial charge in [-0.15, -0.1) is 0 Å². The summed E-state index contributed by atoms with van der Waals surface area (Å²) in [7, 11) is 0.